The van der Waals surface area contributed by atoms with E-state index in [2.05, 4.69) is 0 Å². The minimum Gasteiger partial charge on any atom is -0.822 e. The molecule has 0 spiro atoms. The number of hydrogen-bond acceptors (Lipinski definition) is 8. The topological polar surface area (TPSA) is 172 Å². The molecule has 0 aromatic heterocycles. The first-order chi connectivity index (χ1) is 4.00. The van der Waals surface area contributed by atoms with Crippen molar-refractivity contribution in [1.29, 1.82) is 0 Å². The fourth-order valence-corrected chi connectivity index (χ4v) is 0. The van der Waals surface area contributed by atoms with E-state index < -0.39 is 15.6 Å². The quantitative estimate of drug-likeness (QED) is 0.291. The van der Waals surface area contributed by atoms with E-state index in [0.29, 0.717) is 0 Å². The van der Waals surface area contributed by atoms with E-state index in [4.69, 9.17) is 38.5 Å². The van der Waals surface area contributed by atoms with Gasteiger partial charge in [-0.1, -0.05) is 0 Å². The predicted molar refractivity (Wildman–Crippen MR) is 16.3 cm³/mol. The molecule has 0 saturated heterocycles. The van der Waals surface area contributed by atoms with Crippen molar-refractivity contribution in [3.8, 4) is 0 Å². The van der Waals surface area contributed by atoms with Crippen LogP contribution in [-0.4, -0.2) is 0 Å². The van der Waals surface area contributed by atoms with E-state index in [1.54, 1.807) is 0 Å². The Morgan fingerprint density at radius 3 is 0.750 bits per heavy atom. The van der Waals surface area contributed by atoms with Gasteiger partial charge in [0.2, 0.25) is 0 Å². The Labute approximate surface area is 104 Å². The van der Waals surface area contributed by atoms with Crippen molar-refractivity contribution in [3.63, 3.8) is 0 Å². The van der Waals surface area contributed by atoms with Gasteiger partial charge in [0, 0.05) is 0 Å². The first-order valence-electron chi connectivity index (χ1n) is 1.46. The number of phosphoric acid groups is 2. The van der Waals surface area contributed by atoms with Crippen LogP contribution < -0.4 is 29.4 Å². The van der Waals surface area contributed by atoms with Gasteiger partial charge >= 0.3 is 50.0 Å². The summed E-state index contributed by atoms with van der Waals surface area (Å²) < 4.78 is 17.1. The van der Waals surface area contributed by atoms with E-state index >= 15 is 0 Å². The molecule has 0 rings (SSSR count). The predicted octanol–water partition coefficient (Wildman–Crippen LogP) is -5.54. The Bertz CT molecular complexity index is 134. The first kappa shape index (κ1) is 23.6. The molecule has 0 heterocycles. The van der Waals surface area contributed by atoms with Crippen LogP contribution in [0.1, 0.15) is 1.43 Å². The SMILES string of the molecule is O=P([O-])([O-])[O-].O=P([O-])([O-])[O-].[Ag+].[H+].[Zr+4]. The van der Waals surface area contributed by atoms with Crippen LogP contribution >= 0.6 is 15.6 Å². The van der Waals surface area contributed by atoms with E-state index in [1.807, 2.05) is 0 Å². The second-order valence-electron chi connectivity index (χ2n) is 0.894. The molecule has 74 valence electrons. The van der Waals surface area contributed by atoms with Gasteiger partial charge in [-0.25, -0.2) is 0 Å². The van der Waals surface area contributed by atoms with Crippen LogP contribution in [0, 0.1) is 0 Å². The maximum atomic E-state index is 8.55. The van der Waals surface area contributed by atoms with Crippen molar-refractivity contribution in [1.82, 2.24) is 0 Å². The molecule has 0 fully saturated rings. The van der Waals surface area contributed by atoms with Crippen molar-refractivity contribution in [2.24, 2.45) is 0 Å². The summed E-state index contributed by atoms with van der Waals surface area (Å²) in [5, 5.41) is 0. The van der Waals surface area contributed by atoms with Gasteiger partial charge in [0.05, 0.1) is 0 Å². The first-order valence-corrected chi connectivity index (χ1v) is 4.38. The summed E-state index contributed by atoms with van der Waals surface area (Å²) in [6, 6.07) is 0. The summed E-state index contributed by atoms with van der Waals surface area (Å²) >= 11 is 0. The number of hydrogen-bond donors (Lipinski definition) is 0. The van der Waals surface area contributed by atoms with Crippen LogP contribution in [0.4, 0.5) is 0 Å². The van der Waals surface area contributed by atoms with Gasteiger partial charge in [-0.2, -0.15) is 15.6 Å². The third kappa shape index (κ3) is 410. The van der Waals surface area contributed by atoms with Gasteiger partial charge in [0.15, 0.2) is 0 Å². The molecule has 0 aliphatic carbocycles. The molecule has 12 heavy (non-hydrogen) atoms. The van der Waals surface area contributed by atoms with Crippen LogP contribution in [0.5, 0.6) is 0 Å². The van der Waals surface area contributed by atoms with Gasteiger partial charge in [-0.3, -0.25) is 0 Å². The Balaban J connectivity index is -0.0000000267. The van der Waals surface area contributed by atoms with Crippen molar-refractivity contribution >= 4 is 15.6 Å². The summed E-state index contributed by atoms with van der Waals surface area (Å²) in [5.41, 5.74) is 0. The maximum Gasteiger partial charge on any atom is 4.00 e. The zero-order valence-electron chi connectivity index (χ0n) is 5.96. The molecule has 12 heteroatoms. The average Bonchev–Trinajstić information content (AvgIpc) is 1.12. The summed E-state index contributed by atoms with van der Waals surface area (Å²) in [7, 11) is -10.8. The summed E-state index contributed by atoms with van der Waals surface area (Å²) in [4.78, 5) is 51.3. The Kier molecular flexibility index (Phi) is 18.5. The normalized spacial score (nSPS) is 9.83. The summed E-state index contributed by atoms with van der Waals surface area (Å²) in [6.45, 7) is 0. The van der Waals surface area contributed by atoms with E-state index in [9.17, 15) is 0 Å². The Morgan fingerprint density at radius 1 is 0.750 bits per heavy atom. The van der Waals surface area contributed by atoms with Gasteiger partial charge in [0.25, 0.3) is 0 Å². The molecular weight excluding hydrogens is 389 g/mol. The Morgan fingerprint density at radius 2 is 0.750 bits per heavy atom. The smallest absolute Gasteiger partial charge is 0.822 e. The molecular formula is HAgO8P2Zr. The molecule has 0 radical (unpaired) electrons. The summed E-state index contributed by atoms with van der Waals surface area (Å²) in [6.07, 6.45) is 0. The zero-order valence-corrected chi connectivity index (χ0v) is 10.7. The molecule has 0 amide bonds. The minimum atomic E-state index is -5.39. The molecule has 0 unspecified atom stereocenters. The molecule has 8 nitrogen and oxygen atoms in total. The molecule has 0 bridgehead atoms. The van der Waals surface area contributed by atoms with Crippen molar-refractivity contribution < 1.29 is 88.5 Å². The molecule has 0 aromatic carbocycles. The molecule has 0 N–H and O–H groups in total. The summed E-state index contributed by atoms with van der Waals surface area (Å²) in [5.74, 6) is 0. The van der Waals surface area contributed by atoms with Crippen LogP contribution in [-0.2, 0) is 57.7 Å². The van der Waals surface area contributed by atoms with Crippen LogP contribution in [0.2, 0.25) is 0 Å². The maximum absolute atomic E-state index is 8.55. The van der Waals surface area contributed by atoms with Crippen molar-refractivity contribution in [3.05, 3.63) is 0 Å². The van der Waals surface area contributed by atoms with Crippen LogP contribution in [0.15, 0.2) is 0 Å². The van der Waals surface area contributed by atoms with Gasteiger partial charge in [-0.05, 0) is 0 Å². The standard InChI is InChI=1S/Ag.2H3O4P.Zr/c;2*1-5(2,3)4;/h;2*(H3,1,2,3,4);/q+1;;;+4/p-5. The second-order valence-corrected chi connectivity index (χ2v) is 2.68. The van der Waals surface area contributed by atoms with Crippen LogP contribution in [0.25, 0.3) is 0 Å². The monoisotopic (exact) mass is 388 g/mol. The molecule has 0 saturated carbocycles. The van der Waals surface area contributed by atoms with E-state index in [-0.39, 0.29) is 50.0 Å². The average molecular weight is 390 g/mol. The van der Waals surface area contributed by atoms with E-state index in [1.165, 1.54) is 0 Å². The van der Waals surface area contributed by atoms with Crippen LogP contribution in [0.3, 0.4) is 0 Å². The molecule has 0 aromatic rings. The molecule has 0 atom stereocenters. The fourth-order valence-electron chi connectivity index (χ4n) is 0. The van der Waals surface area contributed by atoms with Crippen molar-refractivity contribution in [2.75, 3.05) is 0 Å². The van der Waals surface area contributed by atoms with Gasteiger partial charge in [-0.15, -0.1) is 0 Å². The largest absolute Gasteiger partial charge is 4.00 e. The molecule has 0 aliphatic rings. The third-order valence-electron chi connectivity index (χ3n) is 0. The molecule has 0 aliphatic heterocycles. The van der Waals surface area contributed by atoms with E-state index in [0.717, 1.165) is 0 Å². The zero-order chi connectivity index (χ0) is 9.00. The minimum absolute atomic E-state index is 0. The van der Waals surface area contributed by atoms with Gasteiger partial charge in [0.1, 0.15) is 0 Å². The fraction of sp³-hybridized carbons (Fsp3) is 0. The third-order valence-corrected chi connectivity index (χ3v) is 0. The van der Waals surface area contributed by atoms with Gasteiger partial charge < -0.3 is 38.5 Å². The Hall–Kier alpha value is 1.84. The second kappa shape index (κ2) is 9.40. The van der Waals surface area contributed by atoms with Crippen molar-refractivity contribution in [2.45, 2.75) is 0 Å². The number of rotatable bonds is 0.